The molecule has 0 atom stereocenters. The van der Waals surface area contributed by atoms with Crippen molar-refractivity contribution in [2.45, 2.75) is 13.5 Å². The minimum atomic E-state index is -0.317. The smallest absolute Gasteiger partial charge is 0.271 e. The number of aromatic nitrogens is 1. The minimum absolute atomic E-state index is 0.169. The molecule has 0 bridgehead atoms. The van der Waals surface area contributed by atoms with E-state index in [0.29, 0.717) is 11.3 Å². The molecule has 0 saturated carbocycles. The number of carbonyl (C=O) groups excluding carboxylic acids is 1. The van der Waals surface area contributed by atoms with Gasteiger partial charge in [-0.25, -0.2) is 4.39 Å². The van der Waals surface area contributed by atoms with E-state index in [-0.39, 0.29) is 18.3 Å². The summed E-state index contributed by atoms with van der Waals surface area (Å²) in [5.74, 6) is -0.597. The molecule has 2 rings (SSSR count). The van der Waals surface area contributed by atoms with E-state index in [1.807, 2.05) is 6.92 Å². The van der Waals surface area contributed by atoms with Crippen molar-refractivity contribution < 1.29 is 9.18 Å². The highest BCUT2D eigenvalue weighted by Gasteiger charge is 2.09. The van der Waals surface area contributed by atoms with Gasteiger partial charge in [-0.1, -0.05) is 18.2 Å². The molecule has 1 aromatic heterocycles. The molecule has 0 unspecified atom stereocenters. The third-order valence-electron chi connectivity index (χ3n) is 2.26. The Morgan fingerprint density at radius 3 is 2.88 bits per heavy atom. The second-order valence-electron chi connectivity index (χ2n) is 3.60. The molecule has 1 amide bonds. The minimum Gasteiger partial charge on any atom is -0.346 e. The predicted molar refractivity (Wildman–Crippen MR) is 64.4 cm³/mol. The Labute approximate surface area is 102 Å². The highest BCUT2D eigenvalue weighted by atomic mass is 32.1. The summed E-state index contributed by atoms with van der Waals surface area (Å²) in [6.07, 6.45) is 0. The fourth-order valence-corrected chi connectivity index (χ4v) is 1.92. The van der Waals surface area contributed by atoms with Crippen molar-refractivity contribution in [2.24, 2.45) is 0 Å². The van der Waals surface area contributed by atoms with E-state index in [0.717, 1.165) is 4.88 Å². The molecule has 1 aromatic carbocycles. The maximum absolute atomic E-state index is 13.3. The first-order chi connectivity index (χ1) is 8.16. The van der Waals surface area contributed by atoms with Gasteiger partial charge >= 0.3 is 0 Å². The lowest BCUT2D eigenvalue weighted by atomic mass is 10.2. The van der Waals surface area contributed by atoms with Crippen LogP contribution in [0.15, 0.2) is 30.3 Å². The Hall–Kier alpha value is -1.75. The van der Waals surface area contributed by atoms with E-state index >= 15 is 0 Å². The van der Waals surface area contributed by atoms with Crippen LogP contribution in [0.3, 0.4) is 0 Å². The third kappa shape index (κ3) is 2.88. The number of halogens is 1. The maximum Gasteiger partial charge on any atom is 0.271 e. The van der Waals surface area contributed by atoms with E-state index in [4.69, 9.17) is 0 Å². The van der Waals surface area contributed by atoms with Gasteiger partial charge in [0.05, 0.1) is 0 Å². The van der Waals surface area contributed by atoms with Crippen molar-refractivity contribution in [1.29, 1.82) is 0 Å². The monoisotopic (exact) mass is 250 g/mol. The molecule has 3 nitrogen and oxygen atoms in total. The van der Waals surface area contributed by atoms with Crippen LogP contribution in [0.5, 0.6) is 0 Å². The van der Waals surface area contributed by atoms with Gasteiger partial charge in [0, 0.05) is 17.0 Å². The van der Waals surface area contributed by atoms with Gasteiger partial charge in [-0.2, -0.15) is 4.37 Å². The van der Waals surface area contributed by atoms with Crippen molar-refractivity contribution in [3.63, 3.8) is 0 Å². The Morgan fingerprint density at radius 1 is 1.47 bits per heavy atom. The lowest BCUT2D eigenvalue weighted by Crippen LogP contribution is -2.23. The largest absolute Gasteiger partial charge is 0.346 e. The quantitative estimate of drug-likeness (QED) is 0.909. The number of hydrogen-bond acceptors (Lipinski definition) is 3. The molecule has 0 saturated heterocycles. The molecular weight excluding hydrogens is 239 g/mol. The molecule has 0 aliphatic heterocycles. The summed E-state index contributed by atoms with van der Waals surface area (Å²) < 4.78 is 17.3. The Bertz CT molecular complexity index is 539. The van der Waals surface area contributed by atoms with Crippen LogP contribution >= 0.6 is 11.5 Å². The number of amides is 1. The van der Waals surface area contributed by atoms with Gasteiger partial charge in [-0.05, 0) is 30.6 Å². The van der Waals surface area contributed by atoms with Crippen molar-refractivity contribution in [3.05, 3.63) is 52.3 Å². The molecule has 17 heavy (non-hydrogen) atoms. The van der Waals surface area contributed by atoms with Gasteiger partial charge in [0.1, 0.15) is 11.5 Å². The lowest BCUT2D eigenvalue weighted by Gasteiger charge is -2.04. The summed E-state index contributed by atoms with van der Waals surface area (Å²) in [7, 11) is 0. The Morgan fingerprint density at radius 2 is 2.24 bits per heavy atom. The van der Waals surface area contributed by atoms with Crippen molar-refractivity contribution >= 4 is 17.4 Å². The average molecular weight is 250 g/mol. The van der Waals surface area contributed by atoms with E-state index in [9.17, 15) is 9.18 Å². The molecule has 2 aromatic rings. The molecule has 0 radical (unpaired) electrons. The Balaban J connectivity index is 1.99. The fraction of sp³-hybridized carbons (Fsp3) is 0.167. The van der Waals surface area contributed by atoms with Gasteiger partial charge in [0.25, 0.3) is 5.91 Å². The average Bonchev–Trinajstić information content (AvgIpc) is 2.74. The van der Waals surface area contributed by atoms with Crippen LogP contribution in [-0.2, 0) is 6.54 Å². The number of nitrogens with zero attached hydrogens (tertiary/aromatic N) is 1. The normalized spacial score (nSPS) is 10.2. The molecule has 1 N–H and O–H groups in total. The van der Waals surface area contributed by atoms with E-state index in [2.05, 4.69) is 9.69 Å². The summed E-state index contributed by atoms with van der Waals surface area (Å²) in [6.45, 7) is 2.05. The van der Waals surface area contributed by atoms with E-state index in [1.165, 1.54) is 17.6 Å². The molecule has 5 heteroatoms. The number of rotatable bonds is 3. The number of carbonyl (C=O) groups is 1. The molecule has 0 spiro atoms. The molecule has 0 aliphatic carbocycles. The number of nitrogens with one attached hydrogen (secondary N) is 1. The van der Waals surface area contributed by atoms with Crippen LogP contribution in [0.25, 0.3) is 0 Å². The summed E-state index contributed by atoms with van der Waals surface area (Å²) in [5, 5.41) is 2.63. The summed E-state index contributed by atoms with van der Waals surface area (Å²) in [4.78, 5) is 12.6. The molecule has 88 valence electrons. The van der Waals surface area contributed by atoms with Crippen LogP contribution < -0.4 is 5.32 Å². The summed E-state index contributed by atoms with van der Waals surface area (Å²) in [5.41, 5.74) is 0.844. The van der Waals surface area contributed by atoms with Gasteiger partial charge < -0.3 is 5.32 Å². The molecular formula is C12H11FN2OS. The number of benzene rings is 1. The Kier molecular flexibility index (Phi) is 3.49. The van der Waals surface area contributed by atoms with E-state index in [1.54, 1.807) is 24.3 Å². The van der Waals surface area contributed by atoms with Gasteiger partial charge in [0.15, 0.2) is 0 Å². The van der Waals surface area contributed by atoms with Crippen molar-refractivity contribution in [3.8, 4) is 0 Å². The highest BCUT2D eigenvalue weighted by Crippen LogP contribution is 2.09. The highest BCUT2D eigenvalue weighted by molar-refractivity contribution is 7.05. The maximum atomic E-state index is 13.3. The number of hydrogen-bond donors (Lipinski definition) is 1. The van der Waals surface area contributed by atoms with Crippen molar-refractivity contribution in [2.75, 3.05) is 0 Å². The SMILES string of the molecule is Cc1cc(C(=O)NCc2ccccc2F)ns1. The van der Waals surface area contributed by atoms with Crippen LogP contribution in [0, 0.1) is 12.7 Å². The topological polar surface area (TPSA) is 42.0 Å². The molecule has 0 aliphatic rings. The first-order valence-corrected chi connectivity index (χ1v) is 5.89. The standard InChI is InChI=1S/C12H11FN2OS/c1-8-6-11(15-17-8)12(16)14-7-9-4-2-3-5-10(9)13/h2-6H,7H2,1H3,(H,14,16). The number of aryl methyl sites for hydroxylation is 1. The summed E-state index contributed by atoms with van der Waals surface area (Å²) in [6, 6.07) is 8.07. The van der Waals surface area contributed by atoms with Gasteiger partial charge in [-0.15, -0.1) is 0 Å². The lowest BCUT2D eigenvalue weighted by molar-refractivity contribution is 0.0946. The molecule has 0 fully saturated rings. The van der Waals surface area contributed by atoms with Crippen LogP contribution in [0.1, 0.15) is 20.9 Å². The van der Waals surface area contributed by atoms with Gasteiger partial charge in [0.2, 0.25) is 0 Å². The van der Waals surface area contributed by atoms with Gasteiger partial charge in [-0.3, -0.25) is 4.79 Å². The zero-order chi connectivity index (χ0) is 12.3. The van der Waals surface area contributed by atoms with Crippen LogP contribution in [0.4, 0.5) is 4.39 Å². The van der Waals surface area contributed by atoms with E-state index < -0.39 is 0 Å². The second kappa shape index (κ2) is 5.05. The predicted octanol–water partition coefficient (Wildman–Crippen LogP) is 2.52. The second-order valence-corrected chi connectivity index (χ2v) is 4.61. The van der Waals surface area contributed by atoms with Crippen molar-refractivity contribution in [1.82, 2.24) is 9.69 Å². The van der Waals surface area contributed by atoms with Crippen LogP contribution in [0.2, 0.25) is 0 Å². The molecule has 1 heterocycles. The first kappa shape index (κ1) is 11.7. The summed E-state index contributed by atoms with van der Waals surface area (Å²) >= 11 is 1.27. The zero-order valence-electron chi connectivity index (χ0n) is 9.24. The third-order valence-corrected chi connectivity index (χ3v) is 2.95. The fourth-order valence-electron chi connectivity index (χ4n) is 1.38. The zero-order valence-corrected chi connectivity index (χ0v) is 10.1. The first-order valence-electron chi connectivity index (χ1n) is 5.12. The van der Waals surface area contributed by atoms with Crippen LogP contribution in [-0.4, -0.2) is 10.3 Å².